The van der Waals surface area contributed by atoms with Gasteiger partial charge in [-0.05, 0) is 18.1 Å². The largest absolute Gasteiger partial charge is 0.490 e. The second kappa shape index (κ2) is 8.34. The first-order chi connectivity index (χ1) is 11.0. The molecule has 0 radical (unpaired) electrons. The van der Waals surface area contributed by atoms with Gasteiger partial charge in [0.25, 0.3) is 0 Å². The molecule has 1 unspecified atom stereocenters. The van der Waals surface area contributed by atoms with Gasteiger partial charge >= 0.3 is 6.18 Å². The Hall–Kier alpha value is -1.80. The van der Waals surface area contributed by atoms with E-state index in [9.17, 15) is 23.1 Å². The molecule has 0 bridgehead atoms. The average Bonchev–Trinajstić information content (AvgIpc) is 2.50. The fourth-order valence-corrected chi connectivity index (χ4v) is 2.01. The maximum atomic E-state index is 12.8. The summed E-state index contributed by atoms with van der Waals surface area (Å²) in [4.78, 5) is 13.2. The summed E-state index contributed by atoms with van der Waals surface area (Å²) in [6, 6.07) is 4.05. The number of carbonyl (C=O) groups is 1. The van der Waals surface area contributed by atoms with Gasteiger partial charge in [0.1, 0.15) is 18.5 Å². The third-order valence-electron chi connectivity index (χ3n) is 3.49. The third kappa shape index (κ3) is 5.68. The van der Waals surface area contributed by atoms with Gasteiger partial charge in [-0.25, -0.2) is 0 Å². The van der Waals surface area contributed by atoms with Crippen molar-refractivity contribution >= 4 is 5.91 Å². The van der Waals surface area contributed by atoms with Crippen LogP contribution in [0.3, 0.4) is 0 Å². The van der Waals surface area contributed by atoms with Crippen LogP contribution in [0.5, 0.6) is 5.75 Å². The van der Waals surface area contributed by atoms with Crippen molar-refractivity contribution in [3.63, 3.8) is 0 Å². The number of alkyl halides is 3. The fourth-order valence-electron chi connectivity index (χ4n) is 2.01. The van der Waals surface area contributed by atoms with Gasteiger partial charge < -0.3 is 20.5 Å². The molecule has 1 aromatic carbocycles. The third-order valence-corrected chi connectivity index (χ3v) is 3.49. The van der Waals surface area contributed by atoms with Crippen molar-refractivity contribution in [2.75, 3.05) is 20.2 Å². The van der Waals surface area contributed by atoms with Crippen molar-refractivity contribution < 1.29 is 27.8 Å². The zero-order valence-corrected chi connectivity index (χ0v) is 13.9. The molecule has 0 saturated heterocycles. The van der Waals surface area contributed by atoms with Gasteiger partial charge in [-0.1, -0.05) is 26.0 Å². The number of likely N-dealkylation sites (N-methyl/N-ethyl adjacent to an activating group) is 1. The van der Waals surface area contributed by atoms with Gasteiger partial charge in [0.15, 0.2) is 0 Å². The lowest BCUT2D eigenvalue weighted by atomic mass is 10.0. The van der Waals surface area contributed by atoms with Crippen LogP contribution in [0.1, 0.15) is 19.4 Å². The standard InChI is InChI=1S/C16H23F3N2O3/c1-10(2)14(20)15(23)21(3)8-11(22)9-24-13-7-5-4-6-12(13)16(17,18)19/h4-7,10-11,14,22H,8-9,20H2,1-3H3/t11?,14-/m0/s1. The van der Waals surface area contributed by atoms with E-state index >= 15 is 0 Å². The Morgan fingerprint density at radius 3 is 2.46 bits per heavy atom. The Labute approximate surface area is 139 Å². The molecule has 1 rings (SSSR count). The van der Waals surface area contributed by atoms with Gasteiger partial charge in [0.05, 0.1) is 11.6 Å². The summed E-state index contributed by atoms with van der Waals surface area (Å²) in [5, 5.41) is 9.90. The van der Waals surface area contributed by atoms with E-state index in [1.54, 1.807) is 13.8 Å². The molecular weight excluding hydrogens is 325 g/mol. The summed E-state index contributed by atoms with van der Waals surface area (Å²) in [7, 11) is 1.47. The minimum absolute atomic E-state index is 0.0630. The highest BCUT2D eigenvalue weighted by molar-refractivity contribution is 5.81. The predicted molar refractivity (Wildman–Crippen MR) is 83.4 cm³/mol. The topological polar surface area (TPSA) is 75.8 Å². The van der Waals surface area contributed by atoms with E-state index in [0.717, 1.165) is 6.07 Å². The molecular formula is C16H23F3N2O3. The second-order valence-corrected chi connectivity index (χ2v) is 5.95. The van der Waals surface area contributed by atoms with Crippen LogP contribution < -0.4 is 10.5 Å². The molecule has 5 nitrogen and oxygen atoms in total. The monoisotopic (exact) mass is 348 g/mol. The lowest BCUT2D eigenvalue weighted by molar-refractivity contribution is -0.139. The molecule has 0 aliphatic carbocycles. The fraction of sp³-hybridized carbons (Fsp3) is 0.562. The Morgan fingerprint density at radius 2 is 1.92 bits per heavy atom. The van der Waals surface area contributed by atoms with Gasteiger partial charge in [0.2, 0.25) is 5.91 Å². The number of hydrogen-bond acceptors (Lipinski definition) is 4. The molecule has 2 atom stereocenters. The number of hydrogen-bond donors (Lipinski definition) is 2. The Morgan fingerprint density at radius 1 is 1.33 bits per heavy atom. The number of halogens is 3. The van der Waals surface area contributed by atoms with E-state index in [-0.39, 0.29) is 30.7 Å². The molecule has 8 heteroatoms. The van der Waals surface area contributed by atoms with Crippen molar-refractivity contribution in [3.05, 3.63) is 29.8 Å². The first-order valence-corrected chi connectivity index (χ1v) is 7.51. The normalized spacial score (nSPS) is 14.4. The van der Waals surface area contributed by atoms with E-state index in [0.29, 0.717) is 0 Å². The summed E-state index contributed by atoms with van der Waals surface area (Å²) in [5.41, 5.74) is 4.83. The summed E-state index contributed by atoms with van der Waals surface area (Å²) < 4.78 is 43.6. The molecule has 0 fully saturated rings. The van der Waals surface area contributed by atoms with Gasteiger partial charge in [-0.2, -0.15) is 13.2 Å². The van der Waals surface area contributed by atoms with Crippen LogP contribution in [0.25, 0.3) is 0 Å². The molecule has 1 amide bonds. The molecule has 136 valence electrons. The van der Waals surface area contributed by atoms with E-state index < -0.39 is 23.9 Å². The molecule has 0 aliphatic heterocycles. The molecule has 3 N–H and O–H groups in total. The quantitative estimate of drug-likeness (QED) is 0.789. The Kier molecular flexibility index (Phi) is 7.04. The Balaban J connectivity index is 2.62. The summed E-state index contributed by atoms with van der Waals surface area (Å²) in [6.45, 7) is 3.13. The molecule has 0 spiro atoms. The number of benzene rings is 1. The van der Waals surface area contributed by atoms with Crippen LogP contribution in [-0.4, -0.2) is 48.3 Å². The molecule has 1 aromatic rings. The molecule has 0 heterocycles. The maximum Gasteiger partial charge on any atom is 0.419 e. The average molecular weight is 348 g/mol. The highest BCUT2D eigenvalue weighted by atomic mass is 19.4. The first kappa shape index (κ1) is 20.2. The van der Waals surface area contributed by atoms with Crippen molar-refractivity contribution in [3.8, 4) is 5.75 Å². The van der Waals surface area contributed by atoms with E-state index in [1.165, 1.54) is 30.1 Å². The number of nitrogens with two attached hydrogens (primary N) is 1. The van der Waals surface area contributed by atoms with Crippen LogP contribution >= 0.6 is 0 Å². The predicted octanol–water partition coefficient (Wildman–Crippen LogP) is 1.89. The minimum atomic E-state index is -4.54. The number of ether oxygens (including phenoxy) is 1. The minimum Gasteiger partial charge on any atom is -0.490 e. The zero-order chi connectivity index (χ0) is 18.5. The van der Waals surface area contributed by atoms with E-state index in [4.69, 9.17) is 10.5 Å². The lowest BCUT2D eigenvalue weighted by Crippen LogP contribution is -2.47. The van der Waals surface area contributed by atoms with Crippen molar-refractivity contribution in [1.29, 1.82) is 0 Å². The number of rotatable bonds is 7. The van der Waals surface area contributed by atoms with Crippen LogP contribution in [-0.2, 0) is 11.0 Å². The number of amides is 1. The maximum absolute atomic E-state index is 12.8. The van der Waals surface area contributed by atoms with Crippen molar-refractivity contribution in [2.45, 2.75) is 32.2 Å². The summed E-state index contributed by atoms with van der Waals surface area (Å²) in [6.07, 6.45) is -5.68. The van der Waals surface area contributed by atoms with E-state index in [2.05, 4.69) is 0 Å². The van der Waals surface area contributed by atoms with Crippen molar-refractivity contribution in [1.82, 2.24) is 4.90 Å². The highest BCUT2D eigenvalue weighted by Crippen LogP contribution is 2.35. The number of nitrogens with zero attached hydrogens (tertiary/aromatic N) is 1. The number of carbonyl (C=O) groups excluding carboxylic acids is 1. The molecule has 0 aromatic heterocycles. The number of para-hydroxylation sites is 1. The number of aliphatic hydroxyl groups is 1. The lowest BCUT2D eigenvalue weighted by Gasteiger charge is -2.25. The van der Waals surface area contributed by atoms with E-state index in [1.807, 2.05) is 0 Å². The first-order valence-electron chi connectivity index (χ1n) is 7.51. The van der Waals surface area contributed by atoms with Gasteiger partial charge in [0, 0.05) is 13.6 Å². The van der Waals surface area contributed by atoms with Crippen molar-refractivity contribution in [2.24, 2.45) is 11.7 Å². The molecule has 24 heavy (non-hydrogen) atoms. The number of aliphatic hydroxyl groups excluding tert-OH is 1. The molecule has 0 saturated carbocycles. The summed E-state index contributed by atoms with van der Waals surface area (Å²) in [5.74, 6) is -0.774. The van der Waals surface area contributed by atoms with Crippen LogP contribution in [0, 0.1) is 5.92 Å². The highest BCUT2D eigenvalue weighted by Gasteiger charge is 2.34. The van der Waals surface area contributed by atoms with Crippen LogP contribution in [0.2, 0.25) is 0 Å². The smallest absolute Gasteiger partial charge is 0.419 e. The van der Waals surface area contributed by atoms with Gasteiger partial charge in [-0.15, -0.1) is 0 Å². The Bertz CT molecular complexity index is 550. The molecule has 0 aliphatic rings. The van der Waals surface area contributed by atoms with Crippen LogP contribution in [0.4, 0.5) is 13.2 Å². The SMILES string of the molecule is CC(C)[C@H](N)C(=O)N(C)CC(O)COc1ccccc1C(F)(F)F. The zero-order valence-electron chi connectivity index (χ0n) is 13.9. The van der Waals surface area contributed by atoms with Crippen LogP contribution in [0.15, 0.2) is 24.3 Å². The second-order valence-electron chi connectivity index (χ2n) is 5.95. The van der Waals surface area contributed by atoms with Gasteiger partial charge in [-0.3, -0.25) is 4.79 Å². The summed E-state index contributed by atoms with van der Waals surface area (Å²) >= 11 is 0.